The summed E-state index contributed by atoms with van der Waals surface area (Å²) in [6.45, 7) is 3.74. The van der Waals surface area contributed by atoms with Gasteiger partial charge < -0.3 is 34.3 Å². The van der Waals surface area contributed by atoms with E-state index in [1.54, 1.807) is 29.5 Å². The number of hydrogen-bond acceptors (Lipinski definition) is 14. The molecule has 13 rings (SSSR count). The maximum atomic E-state index is 14.8. The highest BCUT2D eigenvalue weighted by Gasteiger charge is 2.50. The number of rotatable bonds is 11. The van der Waals surface area contributed by atoms with Crippen LogP contribution in [0.2, 0.25) is 0 Å². The maximum Gasteiger partial charge on any atom is 0.297 e. The summed E-state index contributed by atoms with van der Waals surface area (Å²) in [5.74, 6) is 0.207. The lowest BCUT2D eigenvalue weighted by molar-refractivity contribution is -0.384. The number of nitrogens with one attached hydrogen (secondary N) is 3. The summed E-state index contributed by atoms with van der Waals surface area (Å²) < 4.78 is 49.4. The van der Waals surface area contributed by atoms with E-state index in [0.717, 1.165) is 61.2 Å². The van der Waals surface area contributed by atoms with E-state index < -0.39 is 37.5 Å². The number of ether oxygens (including phenoxy) is 3. The van der Waals surface area contributed by atoms with E-state index in [1.165, 1.54) is 44.6 Å². The van der Waals surface area contributed by atoms with Crippen molar-refractivity contribution in [2.24, 2.45) is 5.41 Å². The van der Waals surface area contributed by atoms with Crippen LogP contribution in [0.3, 0.4) is 0 Å². The van der Waals surface area contributed by atoms with Crippen LogP contribution in [0.4, 0.5) is 28.4 Å². The molecule has 7 aliphatic rings. The molecule has 0 bridgehead atoms. The van der Waals surface area contributed by atoms with Crippen LogP contribution >= 0.6 is 0 Å². The average Bonchev–Trinajstić information content (AvgIpc) is 3.94. The van der Waals surface area contributed by atoms with Gasteiger partial charge in [-0.3, -0.25) is 24.8 Å². The average molecular weight is 992 g/mol. The summed E-state index contributed by atoms with van der Waals surface area (Å²) in [4.78, 5) is 45.9. The number of pyridine rings is 2. The number of carbonyl (C=O) groups excluding carboxylic acids is 1. The van der Waals surface area contributed by atoms with Gasteiger partial charge in [0.25, 0.3) is 21.6 Å². The molecule has 18 heteroatoms. The van der Waals surface area contributed by atoms with Crippen molar-refractivity contribution in [2.45, 2.75) is 105 Å². The van der Waals surface area contributed by atoms with Crippen LogP contribution < -0.4 is 29.3 Å². The molecule has 3 saturated heterocycles. The van der Waals surface area contributed by atoms with Crippen molar-refractivity contribution >= 4 is 55.4 Å². The summed E-state index contributed by atoms with van der Waals surface area (Å²) in [7, 11) is -4.70. The zero-order valence-electron chi connectivity index (χ0n) is 39.9. The Balaban J connectivity index is 0.791. The minimum absolute atomic E-state index is 0.00555. The summed E-state index contributed by atoms with van der Waals surface area (Å²) in [5, 5.41) is 16.5. The molecule has 5 fully saturated rings. The number of benzene rings is 3. The molecular formula is C54H57N9O8S. The van der Waals surface area contributed by atoms with Crippen LogP contribution in [-0.2, 0) is 21.2 Å². The van der Waals surface area contributed by atoms with Crippen molar-refractivity contribution in [3.63, 3.8) is 0 Å². The summed E-state index contributed by atoms with van der Waals surface area (Å²) in [6.07, 6.45) is 13.7. The molecule has 6 aromatic rings. The van der Waals surface area contributed by atoms with Gasteiger partial charge in [0.05, 0.1) is 39.8 Å². The third-order valence-electron chi connectivity index (χ3n) is 16.5. The van der Waals surface area contributed by atoms with Gasteiger partial charge in [-0.05, 0) is 129 Å². The van der Waals surface area contributed by atoms with E-state index >= 15 is 0 Å². The largest absolute Gasteiger partial charge is 0.489 e. The number of fused-ring (bicyclic) bond motifs is 4. The Bertz CT molecular complexity index is 3210. The van der Waals surface area contributed by atoms with Crippen molar-refractivity contribution in [1.82, 2.24) is 24.6 Å². The third kappa shape index (κ3) is 8.16. The highest BCUT2D eigenvalue weighted by Crippen LogP contribution is 2.55. The van der Waals surface area contributed by atoms with Gasteiger partial charge in [0.15, 0.2) is 11.4 Å². The molecular weight excluding hydrogens is 935 g/mol. The monoisotopic (exact) mass is 991 g/mol. The molecule has 1 amide bonds. The van der Waals surface area contributed by atoms with Crippen LogP contribution in [0.25, 0.3) is 11.0 Å². The predicted octanol–water partition coefficient (Wildman–Crippen LogP) is 8.55. The molecule has 17 nitrogen and oxygen atoms in total. The van der Waals surface area contributed by atoms with E-state index in [2.05, 4.69) is 59.0 Å². The van der Waals surface area contributed by atoms with E-state index in [-0.39, 0.29) is 35.7 Å². The molecule has 0 unspecified atom stereocenters. The molecule has 4 atom stereocenters. The number of likely N-dealkylation sites (tertiary alicyclic amines) is 1. The quantitative estimate of drug-likeness (QED) is 0.0825. The number of anilines is 4. The topological polar surface area (TPSA) is 197 Å². The number of H-pyrrole nitrogens is 1. The number of piperidine rings is 1. The number of hydrogen-bond donors (Lipinski definition) is 3. The van der Waals surface area contributed by atoms with Gasteiger partial charge >= 0.3 is 0 Å². The number of aromatic nitrogens is 3. The Morgan fingerprint density at radius 1 is 0.917 bits per heavy atom. The molecule has 3 N–H and O–H groups in total. The van der Waals surface area contributed by atoms with Crippen LogP contribution in [0.5, 0.6) is 11.6 Å². The number of nitro benzene ring substituents is 1. The van der Waals surface area contributed by atoms with Crippen molar-refractivity contribution in [1.29, 1.82) is 0 Å². The van der Waals surface area contributed by atoms with Crippen molar-refractivity contribution < 1.29 is 32.3 Å². The minimum Gasteiger partial charge on any atom is -0.489 e. The molecule has 372 valence electrons. The number of nitrogens with zero attached hydrogens (tertiary/aromatic N) is 6. The highest BCUT2D eigenvalue weighted by atomic mass is 32.2. The first kappa shape index (κ1) is 45.1. The normalized spacial score (nSPS) is 23.8. The highest BCUT2D eigenvalue weighted by molar-refractivity contribution is 7.90. The first-order valence-electron chi connectivity index (χ1n) is 25.5. The molecule has 1 spiro atoms. The van der Waals surface area contributed by atoms with E-state index in [9.17, 15) is 23.3 Å². The second-order valence-corrected chi connectivity index (χ2v) is 22.6. The van der Waals surface area contributed by atoms with Crippen LogP contribution in [0, 0.1) is 15.5 Å². The number of aromatic amines is 1. The van der Waals surface area contributed by atoms with E-state index in [0.29, 0.717) is 66.5 Å². The molecule has 3 aromatic heterocycles. The fraction of sp³-hybridized carbons (Fsp3) is 0.426. The smallest absolute Gasteiger partial charge is 0.297 e. The number of nitro groups is 1. The molecule has 2 saturated carbocycles. The van der Waals surface area contributed by atoms with Gasteiger partial charge in [0.2, 0.25) is 5.88 Å². The lowest BCUT2D eigenvalue weighted by Crippen LogP contribution is -2.55. The molecule has 5 aliphatic heterocycles. The third-order valence-corrected chi connectivity index (χ3v) is 17.8. The Morgan fingerprint density at radius 2 is 1.75 bits per heavy atom. The minimum atomic E-state index is -4.70. The number of sulfonamides is 1. The maximum absolute atomic E-state index is 14.8. The number of carbonyl (C=O) groups is 1. The fourth-order valence-electron chi connectivity index (χ4n) is 12.7. The Hall–Kier alpha value is -6.76. The first-order chi connectivity index (χ1) is 35.1. The van der Waals surface area contributed by atoms with Crippen molar-refractivity contribution in [3.8, 4) is 11.6 Å². The van der Waals surface area contributed by atoms with Gasteiger partial charge in [0.1, 0.15) is 24.0 Å². The Kier molecular flexibility index (Phi) is 11.1. The van der Waals surface area contributed by atoms with E-state index in [1.807, 2.05) is 42.6 Å². The van der Waals surface area contributed by atoms with Crippen LogP contribution in [-0.4, -0.2) is 103 Å². The van der Waals surface area contributed by atoms with Gasteiger partial charge in [-0.25, -0.2) is 13.1 Å². The SMILES string of the molecule is O=C(NS(=O)(=O)c1cc2c(c([N+](=O)[O-])c1)N[C@@H](Cc1ccccn1)CO2)c1ccc(N2CCC3(CC2)CC(N2CCC[C@H]2c2ccccc2C2CC2)C3)cc1N1c2cc3cc[nH]c3nc2O[C@@H]2COCC[C@@H]21. The Morgan fingerprint density at radius 3 is 2.56 bits per heavy atom. The zero-order chi connectivity index (χ0) is 48.7. The first-order valence-corrected chi connectivity index (χ1v) is 27.0. The molecule has 2 aliphatic carbocycles. The van der Waals surface area contributed by atoms with Gasteiger partial charge in [-0.2, -0.15) is 4.98 Å². The summed E-state index contributed by atoms with van der Waals surface area (Å²) >= 11 is 0. The van der Waals surface area contributed by atoms with Gasteiger partial charge in [-0.15, -0.1) is 0 Å². The zero-order valence-corrected chi connectivity index (χ0v) is 40.7. The molecule has 3 aromatic carbocycles. The molecule has 0 radical (unpaired) electrons. The second-order valence-electron chi connectivity index (χ2n) is 20.9. The lowest BCUT2D eigenvalue weighted by Gasteiger charge is -2.56. The van der Waals surface area contributed by atoms with Crippen molar-refractivity contribution in [3.05, 3.63) is 130 Å². The molecule has 72 heavy (non-hydrogen) atoms. The summed E-state index contributed by atoms with van der Waals surface area (Å²) in [5.41, 5.74) is 6.58. The standard InChI is InChI=1S/C54H57N9O8S/c64-52(59-72(67,68)39-27-46(63(65)66)50-48(28-39)70-31-36(57-50)25-35-6-3-4-18-55-35)42-13-12-37(26-45(42)62-44-15-23-69-32-49(44)71-53-47(62)24-34-14-19-56-51(34)58-53)60-21-16-54(17-22-60)29-38(30-54)61-20-5-9-43(61)41-8-2-1-7-40(41)33-10-11-33/h1-4,6-8,12-14,18-19,24,26-28,33,36,38,43-44,49,57H,5,9-11,15-17,20-23,25,29-32H2,(H,56,58)(H,59,64)/t36-,43-,44-,49+/m0/s1. The summed E-state index contributed by atoms with van der Waals surface area (Å²) in [6, 6.07) is 26.9. The van der Waals surface area contributed by atoms with Gasteiger partial charge in [-0.1, -0.05) is 30.3 Å². The van der Waals surface area contributed by atoms with Crippen LogP contribution in [0.1, 0.15) is 96.9 Å². The Labute approximate surface area is 417 Å². The van der Waals surface area contributed by atoms with E-state index in [4.69, 9.17) is 19.2 Å². The predicted molar refractivity (Wildman–Crippen MR) is 271 cm³/mol. The van der Waals surface area contributed by atoms with Gasteiger partial charge in [0, 0.05) is 79.5 Å². The lowest BCUT2D eigenvalue weighted by atomic mass is 9.59. The molecule has 8 heterocycles. The van der Waals surface area contributed by atoms with Crippen molar-refractivity contribution in [2.75, 3.05) is 54.6 Å². The second kappa shape index (κ2) is 17.8. The fourth-order valence-corrected chi connectivity index (χ4v) is 13.7. The van der Waals surface area contributed by atoms with Crippen LogP contribution in [0.15, 0.2) is 102 Å². The number of amides is 1.